The lowest BCUT2D eigenvalue weighted by Gasteiger charge is -2.35. The number of piperazine rings is 1. The number of nitrogens with zero attached hydrogens (tertiary/aromatic N) is 2. The van der Waals surface area contributed by atoms with Crippen molar-refractivity contribution in [1.82, 2.24) is 9.80 Å². The molecule has 1 saturated heterocycles. The van der Waals surface area contributed by atoms with Crippen molar-refractivity contribution < 1.29 is 14.3 Å². The number of anilines is 1. The summed E-state index contributed by atoms with van der Waals surface area (Å²) in [6.45, 7) is 10.3. The van der Waals surface area contributed by atoms with Crippen LogP contribution in [0.2, 0.25) is 5.02 Å². The van der Waals surface area contributed by atoms with E-state index in [9.17, 15) is 4.79 Å². The lowest BCUT2D eigenvalue weighted by molar-refractivity contribution is 0.0142. The number of nitrogen functional groups attached to an aromatic ring is 1. The Morgan fingerprint density at radius 3 is 2.52 bits per heavy atom. The van der Waals surface area contributed by atoms with Crippen molar-refractivity contribution in [2.24, 2.45) is 0 Å². The minimum atomic E-state index is -0.448. The fourth-order valence-electron chi connectivity index (χ4n) is 2.56. The van der Waals surface area contributed by atoms with Gasteiger partial charge in [0.05, 0.1) is 17.3 Å². The first-order valence-corrected chi connectivity index (χ1v) is 9.00. The summed E-state index contributed by atoms with van der Waals surface area (Å²) >= 11 is 5.97. The van der Waals surface area contributed by atoms with Crippen LogP contribution >= 0.6 is 11.6 Å². The smallest absolute Gasteiger partial charge is 0.410 e. The van der Waals surface area contributed by atoms with Crippen LogP contribution in [0.1, 0.15) is 27.2 Å². The average molecular weight is 370 g/mol. The first-order chi connectivity index (χ1) is 11.7. The van der Waals surface area contributed by atoms with E-state index in [0.29, 0.717) is 30.4 Å². The SMILES string of the molecule is CC(C)(C)OC(=O)N1CCN(CCCOc2ccc(N)c(Cl)c2)CC1. The molecular formula is C18H28ClN3O3. The third-order valence-corrected chi connectivity index (χ3v) is 4.21. The molecule has 25 heavy (non-hydrogen) atoms. The Morgan fingerprint density at radius 2 is 1.92 bits per heavy atom. The Kier molecular flexibility index (Phi) is 6.79. The zero-order valence-electron chi connectivity index (χ0n) is 15.3. The van der Waals surface area contributed by atoms with Crippen molar-refractivity contribution in [1.29, 1.82) is 0 Å². The number of hydrogen-bond acceptors (Lipinski definition) is 5. The van der Waals surface area contributed by atoms with Crippen LogP contribution in [-0.4, -0.2) is 60.8 Å². The Labute approximate surface area is 154 Å². The Hall–Kier alpha value is -1.66. The fourth-order valence-corrected chi connectivity index (χ4v) is 2.73. The van der Waals surface area contributed by atoms with Gasteiger partial charge in [-0.25, -0.2) is 4.79 Å². The summed E-state index contributed by atoms with van der Waals surface area (Å²) in [5.74, 6) is 0.731. The van der Waals surface area contributed by atoms with Crippen molar-refractivity contribution in [3.63, 3.8) is 0 Å². The molecule has 1 aliphatic heterocycles. The van der Waals surface area contributed by atoms with Gasteiger partial charge >= 0.3 is 6.09 Å². The third kappa shape index (κ3) is 6.63. The summed E-state index contributed by atoms with van der Waals surface area (Å²) in [5.41, 5.74) is 5.78. The highest BCUT2D eigenvalue weighted by Crippen LogP contribution is 2.24. The molecule has 0 aliphatic carbocycles. The minimum absolute atomic E-state index is 0.226. The molecule has 0 spiro atoms. The zero-order valence-corrected chi connectivity index (χ0v) is 16.0. The van der Waals surface area contributed by atoms with Crippen LogP contribution < -0.4 is 10.5 Å². The standard InChI is InChI=1S/C18H28ClN3O3/c1-18(2,3)25-17(23)22-10-8-21(9-11-22)7-4-12-24-14-5-6-16(20)15(19)13-14/h5-6,13H,4,7-12,20H2,1-3H3. The van der Waals surface area contributed by atoms with Crippen molar-refractivity contribution in [3.8, 4) is 5.75 Å². The van der Waals surface area contributed by atoms with Gasteiger partial charge in [0.25, 0.3) is 0 Å². The summed E-state index contributed by atoms with van der Waals surface area (Å²) < 4.78 is 11.1. The van der Waals surface area contributed by atoms with Gasteiger partial charge in [0.15, 0.2) is 0 Å². The van der Waals surface area contributed by atoms with Gasteiger partial charge in [0, 0.05) is 38.8 Å². The Bertz CT molecular complexity index is 581. The van der Waals surface area contributed by atoms with E-state index in [1.807, 2.05) is 26.8 Å². The predicted octanol–water partition coefficient (Wildman–Crippen LogP) is 3.24. The number of nitrogens with two attached hydrogens (primary N) is 1. The lowest BCUT2D eigenvalue weighted by atomic mass is 10.2. The normalized spacial score (nSPS) is 15.9. The highest BCUT2D eigenvalue weighted by atomic mass is 35.5. The number of amides is 1. The monoisotopic (exact) mass is 369 g/mol. The number of rotatable bonds is 5. The van der Waals surface area contributed by atoms with Crippen molar-refractivity contribution in [3.05, 3.63) is 23.2 Å². The number of halogens is 1. The van der Waals surface area contributed by atoms with Gasteiger partial charge in [-0.15, -0.1) is 0 Å². The van der Waals surface area contributed by atoms with Crippen LogP contribution in [-0.2, 0) is 4.74 Å². The van der Waals surface area contributed by atoms with Crippen LogP contribution in [0.3, 0.4) is 0 Å². The number of ether oxygens (including phenoxy) is 2. The molecule has 2 rings (SSSR count). The molecule has 1 aromatic rings. The summed E-state index contributed by atoms with van der Waals surface area (Å²) in [6, 6.07) is 5.30. The van der Waals surface area contributed by atoms with E-state index in [2.05, 4.69) is 4.90 Å². The molecule has 1 aromatic carbocycles. The van der Waals surface area contributed by atoms with Gasteiger partial charge in [-0.2, -0.15) is 0 Å². The van der Waals surface area contributed by atoms with Crippen LogP contribution in [0.5, 0.6) is 5.75 Å². The maximum Gasteiger partial charge on any atom is 0.410 e. The Balaban J connectivity index is 1.64. The summed E-state index contributed by atoms with van der Waals surface area (Å²) in [5, 5.41) is 0.510. The molecule has 2 N–H and O–H groups in total. The summed E-state index contributed by atoms with van der Waals surface area (Å²) in [4.78, 5) is 16.1. The molecule has 140 valence electrons. The van der Waals surface area contributed by atoms with Gasteiger partial charge in [0.1, 0.15) is 11.4 Å². The maximum absolute atomic E-state index is 12.0. The van der Waals surface area contributed by atoms with Crippen molar-refractivity contribution >= 4 is 23.4 Å². The average Bonchev–Trinajstić information content (AvgIpc) is 2.54. The fraction of sp³-hybridized carbons (Fsp3) is 0.611. The second kappa shape index (κ2) is 8.63. The van der Waals surface area contributed by atoms with Crippen molar-refractivity contribution in [2.75, 3.05) is 45.1 Å². The molecule has 0 atom stereocenters. The molecule has 0 aromatic heterocycles. The quantitative estimate of drug-likeness (QED) is 0.637. The van der Waals surface area contributed by atoms with E-state index >= 15 is 0 Å². The molecule has 6 nitrogen and oxygen atoms in total. The van der Waals surface area contributed by atoms with E-state index in [1.165, 1.54) is 0 Å². The molecule has 0 unspecified atom stereocenters. The maximum atomic E-state index is 12.0. The molecule has 7 heteroatoms. The third-order valence-electron chi connectivity index (χ3n) is 3.88. The van der Waals surface area contributed by atoms with Gasteiger partial charge in [-0.3, -0.25) is 4.90 Å². The summed E-state index contributed by atoms with van der Waals surface area (Å²) in [6.07, 6.45) is 0.685. The molecular weight excluding hydrogens is 342 g/mol. The van der Waals surface area contributed by atoms with Crippen LogP contribution in [0, 0.1) is 0 Å². The zero-order chi connectivity index (χ0) is 18.4. The minimum Gasteiger partial charge on any atom is -0.493 e. The van der Waals surface area contributed by atoms with Gasteiger partial charge in [-0.05, 0) is 39.3 Å². The number of hydrogen-bond donors (Lipinski definition) is 1. The Morgan fingerprint density at radius 1 is 1.24 bits per heavy atom. The van der Waals surface area contributed by atoms with E-state index in [1.54, 1.807) is 17.0 Å². The molecule has 0 bridgehead atoms. The second-order valence-corrected chi connectivity index (χ2v) is 7.60. The van der Waals surface area contributed by atoms with Crippen molar-refractivity contribution in [2.45, 2.75) is 32.8 Å². The number of carbonyl (C=O) groups excluding carboxylic acids is 1. The molecule has 0 radical (unpaired) electrons. The van der Waals surface area contributed by atoms with Crippen LogP contribution in [0.4, 0.5) is 10.5 Å². The molecule has 0 saturated carbocycles. The highest BCUT2D eigenvalue weighted by molar-refractivity contribution is 6.33. The molecule has 1 aliphatic rings. The topological polar surface area (TPSA) is 68.0 Å². The first-order valence-electron chi connectivity index (χ1n) is 8.63. The molecule has 1 amide bonds. The predicted molar refractivity (Wildman–Crippen MR) is 100 cm³/mol. The van der Waals surface area contributed by atoms with Gasteiger partial charge in [0.2, 0.25) is 0 Å². The highest BCUT2D eigenvalue weighted by Gasteiger charge is 2.25. The number of benzene rings is 1. The summed E-state index contributed by atoms with van der Waals surface area (Å²) in [7, 11) is 0. The lowest BCUT2D eigenvalue weighted by Crippen LogP contribution is -2.50. The molecule has 1 fully saturated rings. The largest absolute Gasteiger partial charge is 0.493 e. The molecule has 1 heterocycles. The van der Waals surface area contributed by atoms with Crippen LogP contribution in [0.25, 0.3) is 0 Å². The van der Waals surface area contributed by atoms with Gasteiger partial charge < -0.3 is 20.1 Å². The van der Waals surface area contributed by atoms with E-state index in [0.717, 1.165) is 31.8 Å². The first kappa shape index (κ1) is 19.7. The van der Waals surface area contributed by atoms with Gasteiger partial charge in [-0.1, -0.05) is 11.6 Å². The van der Waals surface area contributed by atoms with Crippen LogP contribution in [0.15, 0.2) is 18.2 Å². The van der Waals surface area contributed by atoms with E-state index in [-0.39, 0.29) is 6.09 Å². The van der Waals surface area contributed by atoms with E-state index in [4.69, 9.17) is 26.8 Å². The second-order valence-electron chi connectivity index (χ2n) is 7.19. The number of carbonyl (C=O) groups is 1. The van der Waals surface area contributed by atoms with E-state index < -0.39 is 5.60 Å².